The number of rotatable bonds is 4. The first kappa shape index (κ1) is 14.6. The zero-order valence-electron chi connectivity index (χ0n) is 11.4. The van der Waals surface area contributed by atoms with E-state index in [-0.39, 0.29) is 11.9 Å². The van der Waals surface area contributed by atoms with E-state index >= 15 is 0 Å². The van der Waals surface area contributed by atoms with Crippen molar-refractivity contribution in [2.24, 2.45) is 5.84 Å². The molecule has 1 aromatic heterocycles. The Morgan fingerprint density at radius 1 is 1.10 bits per heavy atom. The first-order valence-corrected chi connectivity index (χ1v) is 6.28. The fourth-order valence-electron chi connectivity index (χ4n) is 2.35. The summed E-state index contributed by atoms with van der Waals surface area (Å²) in [6.45, 7) is 3.91. The van der Waals surface area contributed by atoms with E-state index in [2.05, 4.69) is 10.4 Å². The number of nitrogens with one attached hydrogen (secondary N) is 1. The molecule has 3 N–H and O–H groups in total. The van der Waals surface area contributed by atoms with E-state index in [9.17, 15) is 8.78 Å². The third-order valence-corrected chi connectivity index (χ3v) is 3.54. The molecule has 5 heteroatoms. The molecule has 0 aliphatic heterocycles. The Morgan fingerprint density at radius 2 is 1.75 bits per heavy atom. The molecule has 0 radical (unpaired) electrons. The molecule has 3 nitrogen and oxygen atoms in total. The van der Waals surface area contributed by atoms with Crippen LogP contribution in [0.2, 0.25) is 0 Å². The van der Waals surface area contributed by atoms with Crippen LogP contribution in [0.3, 0.4) is 0 Å². The summed E-state index contributed by atoms with van der Waals surface area (Å²) in [5.41, 5.74) is 3.77. The molecule has 1 unspecified atom stereocenters. The van der Waals surface area contributed by atoms with E-state index in [0.717, 1.165) is 11.8 Å². The lowest BCUT2D eigenvalue weighted by Gasteiger charge is -2.34. The summed E-state index contributed by atoms with van der Waals surface area (Å²) < 4.78 is 26.4. The minimum absolute atomic E-state index is 0.297. The molecule has 106 valence electrons. The SMILES string of the molecule is CC(C)(c1ccc(F)cc1)C(NN)c1cncc(F)c1. The van der Waals surface area contributed by atoms with Gasteiger partial charge in [0.25, 0.3) is 0 Å². The zero-order chi connectivity index (χ0) is 14.8. The molecular formula is C15H17F2N3. The lowest BCUT2D eigenvalue weighted by molar-refractivity contribution is 0.350. The fraction of sp³-hybridized carbons (Fsp3) is 0.267. The van der Waals surface area contributed by atoms with Gasteiger partial charge in [0.05, 0.1) is 12.2 Å². The van der Waals surface area contributed by atoms with Gasteiger partial charge in [-0.3, -0.25) is 16.3 Å². The summed E-state index contributed by atoms with van der Waals surface area (Å²) in [6, 6.07) is 7.24. The van der Waals surface area contributed by atoms with E-state index < -0.39 is 11.2 Å². The van der Waals surface area contributed by atoms with E-state index in [1.165, 1.54) is 18.2 Å². The summed E-state index contributed by atoms with van der Waals surface area (Å²) in [7, 11) is 0. The van der Waals surface area contributed by atoms with Crippen molar-refractivity contribution in [2.75, 3.05) is 0 Å². The molecule has 0 fully saturated rings. The molecule has 0 saturated heterocycles. The Bertz CT molecular complexity index is 582. The van der Waals surface area contributed by atoms with Crippen molar-refractivity contribution >= 4 is 0 Å². The minimum atomic E-state index is -0.460. The van der Waals surface area contributed by atoms with Crippen LogP contribution in [-0.2, 0) is 5.41 Å². The fourth-order valence-corrected chi connectivity index (χ4v) is 2.35. The second-order valence-electron chi connectivity index (χ2n) is 5.26. The van der Waals surface area contributed by atoms with Crippen LogP contribution in [0.25, 0.3) is 0 Å². The Labute approximate surface area is 116 Å². The number of hydrogen-bond donors (Lipinski definition) is 2. The first-order valence-electron chi connectivity index (χ1n) is 6.28. The van der Waals surface area contributed by atoms with Crippen LogP contribution in [-0.4, -0.2) is 4.98 Å². The highest BCUT2D eigenvalue weighted by molar-refractivity contribution is 5.31. The minimum Gasteiger partial charge on any atom is -0.271 e. The highest BCUT2D eigenvalue weighted by Crippen LogP contribution is 2.36. The van der Waals surface area contributed by atoms with Crippen molar-refractivity contribution in [3.63, 3.8) is 0 Å². The van der Waals surface area contributed by atoms with Gasteiger partial charge in [0.15, 0.2) is 0 Å². The zero-order valence-corrected chi connectivity index (χ0v) is 11.4. The molecule has 0 aliphatic carbocycles. The highest BCUT2D eigenvalue weighted by Gasteiger charge is 2.32. The smallest absolute Gasteiger partial charge is 0.141 e. The molecule has 0 spiro atoms. The number of hydrogen-bond acceptors (Lipinski definition) is 3. The number of aromatic nitrogens is 1. The van der Waals surface area contributed by atoms with Crippen molar-refractivity contribution in [3.05, 3.63) is 65.5 Å². The molecular weight excluding hydrogens is 260 g/mol. The number of nitrogens with zero attached hydrogens (tertiary/aromatic N) is 1. The molecule has 20 heavy (non-hydrogen) atoms. The Kier molecular flexibility index (Phi) is 4.11. The maximum atomic E-state index is 13.3. The summed E-state index contributed by atoms with van der Waals surface area (Å²) in [4.78, 5) is 3.84. The molecule has 0 aliphatic rings. The van der Waals surface area contributed by atoms with Gasteiger partial charge in [-0.1, -0.05) is 26.0 Å². The third-order valence-electron chi connectivity index (χ3n) is 3.54. The van der Waals surface area contributed by atoms with Gasteiger partial charge in [-0.2, -0.15) is 0 Å². The van der Waals surface area contributed by atoms with Crippen LogP contribution in [0.1, 0.15) is 31.0 Å². The van der Waals surface area contributed by atoms with Crippen molar-refractivity contribution < 1.29 is 8.78 Å². The normalized spacial score (nSPS) is 13.2. The number of benzene rings is 1. The van der Waals surface area contributed by atoms with Gasteiger partial charge in [0, 0.05) is 11.6 Å². The van der Waals surface area contributed by atoms with Crippen LogP contribution in [0.4, 0.5) is 8.78 Å². The van der Waals surface area contributed by atoms with Gasteiger partial charge in [-0.25, -0.2) is 8.78 Å². The highest BCUT2D eigenvalue weighted by atomic mass is 19.1. The summed E-state index contributed by atoms with van der Waals surface area (Å²) in [6.07, 6.45) is 2.71. The predicted molar refractivity (Wildman–Crippen MR) is 73.7 cm³/mol. The molecule has 0 bridgehead atoms. The molecule has 0 amide bonds. The Morgan fingerprint density at radius 3 is 2.30 bits per heavy atom. The van der Waals surface area contributed by atoms with Crippen molar-refractivity contribution in [1.29, 1.82) is 0 Å². The second kappa shape index (κ2) is 5.64. The topological polar surface area (TPSA) is 50.9 Å². The number of hydrazine groups is 1. The Balaban J connectivity index is 2.41. The lowest BCUT2D eigenvalue weighted by atomic mass is 9.75. The van der Waals surface area contributed by atoms with E-state index in [4.69, 9.17) is 5.84 Å². The van der Waals surface area contributed by atoms with E-state index in [1.54, 1.807) is 18.3 Å². The van der Waals surface area contributed by atoms with Gasteiger partial charge in [0.2, 0.25) is 0 Å². The molecule has 1 aromatic carbocycles. The van der Waals surface area contributed by atoms with Crippen LogP contribution in [0.15, 0.2) is 42.7 Å². The first-order chi connectivity index (χ1) is 9.45. The van der Waals surface area contributed by atoms with Crippen LogP contribution < -0.4 is 11.3 Å². The van der Waals surface area contributed by atoms with Crippen LogP contribution in [0, 0.1) is 11.6 Å². The quantitative estimate of drug-likeness (QED) is 0.667. The third kappa shape index (κ3) is 2.84. The number of nitrogens with two attached hydrogens (primary N) is 1. The monoisotopic (exact) mass is 277 g/mol. The molecule has 1 atom stereocenters. The van der Waals surface area contributed by atoms with Gasteiger partial charge in [-0.05, 0) is 29.3 Å². The maximum absolute atomic E-state index is 13.3. The molecule has 1 heterocycles. The van der Waals surface area contributed by atoms with Crippen LogP contribution in [0.5, 0.6) is 0 Å². The number of pyridine rings is 1. The molecule has 0 saturated carbocycles. The lowest BCUT2D eigenvalue weighted by Crippen LogP contribution is -2.41. The van der Waals surface area contributed by atoms with E-state index in [1.807, 2.05) is 13.8 Å². The van der Waals surface area contributed by atoms with Crippen LogP contribution >= 0.6 is 0 Å². The van der Waals surface area contributed by atoms with Gasteiger partial charge < -0.3 is 0 Å². The molecule has 2 rings (SSSR count). The second-order valence-corrected chi connectivity index (χ2v) is 5.26. The standard InChI is InChI=1S/C15H17F2N3/c1-15(2,11-3-5-12(16)6-4-11)14(20-18)10-7-13(17)9-19-8-10/h3-9,14,20H,18H2,1-2H3. The van der Waals surface area contributed by atoms with Gasteiger partial charge >= 0.3 is 0 Å². The van der Waals surface area contributed by atoms with Crippen molar-refractivity contribution in [3.8, 4) is 0 Å². The van der Waals surface area contributed by atoms with Gasteiger partial charge in [-0.15, -0.1) is 0 Å². The van der Waals surface area contributed by atoms with Gasteiger partial charge in [0.1, 0.15) is 11.6 Å². The molecule has 2 aromatic rings. The average Bonchev–Trinajstić information content (AvgIpc) is 2.40. The van der Waals surface area contributed by atoms with Crippen molar-refractivity contribution in [2.45, 2.75) is 25.3 Å². The average molecular weight is 277 g/mol. The number of halogens is 2. The van der Waals surface area contributed by atoms with Crippen molar-refractivity contribution in [1.82, 2.24) is 10.4 Å². The predicted octanol–water partition coefficient (Wildman–Crippen LogP) is 2.84. The summed E-state index contributed by atoms with van der Waals surface area (Å²) in [5, 5.41) is 0. The summed E-state index contributed by atoms with van der Waals surface area (Å²) >= 11 is 0. The van der Waals surface area contributed by atoms with E-state index in [0.29, 0.717) is 5.56 Å². The Hall–Kier alpha value is -1.85. The maximum Gasteiger partial charge on any atom is 0.141 e. The largest absolute Gasteiger partial charge is 0.271 e. The summed E-state index contributed by atoms with van der Waals surface area (Å²) in [5.74, 6) is 4.92.